The van der Waals surface area contributed by atoms with E-state index >= 15 is 0 Å². The smallest absolute Gasteiger partial charge is 0.161 e. The van der Waals surface area contributed by atoms with Gasteiger partial charge in [-0.2, -0.15) is 0 Å². The van der Waals surface area contributed by atoms with Crippen molar-refractivity contribution in [2.24, 2.45) is 0 Å². The van der Waals surface area contributed by atoms with Gasteiger partial charge in [0.05, 0.1) is 5.69 Å². The topological polar surface area (TPSA) is 30.5 Å². The molecule has 20 heavy (non-hydrogen) atoms. The zero-order chi connectivity index (χ0) is 13.9. The molecule has 2 aromatic rings. The van der Waals surface area contributed by atoms with Gasteiger partial charge in [0.1, 0.15) is 19.0 Å². The highest BCUT2D eigenvalue weighted by Gasteiger charge is 2.12. The molecule has 0 bridgehead atoms. The largest absolute Gasteiger partial charge is 0.486 e. The van der Waals surface area contributed by atoms with Gasteiger partial charge in [-0.1, -0.05) is 18.2 Å². The predicted molar refractivity (Wildman–Crippen MR) is 75.9 cm³/mol. The lowest BCUT2D eigenvalue weighted by Crippen LogP contribution is -2.15. The number of hydrogen-bond acceptors (Lipinski definition) is 3. The van der Waals surface area contributed by atoms with Crippen molar-refractivity contribution in [3.63, 3.8) is 0 Å². The van der Waals surface area contributed by atoms with Crippen LogP contribution in [-0.2, 0) is 6.54 Å². The highest BCUT2D eigenvalue weighted by molar-refractivity contribution is 5.52. The number of benzene rings is 2. The molecule has 104 valence electrons. The molecule has 1 heterocycles. The molecule has 0 aliphatic carbocycles. The zero-order valence-electron chi connectivity index (χ0n) is 11.3. The van der Waals surface area contributed by atoms with Crippen LogP contribution in [0.25, 0.3) is 0 Å². The Hall–Kier alpha value is -2.23. The number of aryl methyl sites for hydroxylation is 1. The molecule has 4 heteroatoms. The van der Waals surface area contributed by atoms with Crippen molar-refractivity contribution in [1.82, 2.24) is 0 Å². The van der Waals surface area contributed by atoms with Crippen LogP contribution in [0.2, 0.25) is 0 Å². The molecule has 0 atom stereocenters. The fourth-order valence-corrected chi connectivity index (χ4v) is 2.24. The molecule has 0 radical (unpaired) electrons. The van der Waals surface area contributed by atoms with Gasteiger partial charge < -0.3 is 14.8 Å². The van der Waals surface area contributed by atoms with Crippen LogP contribution in [0.1, 0.15) is 11.1 Å². The molecule has 0 saturated heterocycles. The van der Waals surface area contributed by atoms with Gasteiger partial charge in [0.2, 0.25) is 0 Å². The summed E-state index contributed by atoms with van der Waals surface area (Å²) in [5.74, 6) is 1.28. The van der Waals surface area contributed by atoms with E-state index in [-0.39, 0.29) is 5.82 Å². The number of fused-ring (bicyclic) bond motifs is 1. The van der Waals surface area contributed by atoms with Crippen molar-refractivity contribution in [2.45, 2.75) is 13.5 Å². The first-order valence-electron chi connectivity index (χ1n) is 6.61. The van der Waals surface area contributed by atoms with E-state index in [4.69, 9.17) is 9.47 Å². The Labute approximate surface area is 117 Å². The lowest BCUT2D eigenvalue weighted by atomic mass is 10.1. The molecule has 0 fully saturated rings. The highest BCUT2D eigenvalue weighted by Crippen LogP contribution is 2.31. The second-order valence-electron chi connectivity index (χ2n) is 4.76. The van der Waals surface area contributed by atoms with Crippen LogP contribution in [0.15, 0.2) is 36.4 Å². The first kappa shape index (κ1) is 12.8. The van der Waals surface area contributed by atoms with Crippen molar-refractivity contribution in [1.29, 1.82) is 0 Å². The molecule has 3 rings (SSSR count). The Morgan fingerprint density at radius 2 is 1.90 bits per heavy atom. The number of anilines is 1. The SMILES string of the molecule is Cc1cccc(F)c1NCc1ccc2c(c1)OCCO2. The second-order valence-corrected chi connectivity index (χ2v) is 4.76. The number of halogens is 1. The van der Waals surface area contributed by atoms with E-state index in [1.54, 1.807) is 6.07 Å². The molecule has 0 amide bonds. The number of hydrogen-bond donors (Lipinski definition) is 1. The average Bonchev–Trinajstić information content (AvgIpc) is 2.46. The van der Waals surface area contributed by atoms with Crippen molar-refractivity contribution < 1.29 is 13.9 Å². The molecule has 0 aromatic heterocycles. The maximum absolute atomic E-state index is 13.7. The van der Waals surface area contributed by atoms with Crippen LogP contribution < -0.4 is 14.8 Å². The van der Waals surface area contributed by atoms with E-state index in [1.807, 2.05) is 31.2 Å². The molecule has 0 saturated carbocycles. The highest BCUT2D eigenvalue weighted by atomic mass is 19.1. The van der Waals surface area contributed by atoms with Crippen LogP contribution in [0, 0.1) is 12.7 Å². The summed E-state index contributed by atoms with van der Waals surface area (Å²) < 4.78 is 24.7. The summed E-state index contributed by atoms with van der Waals surface area (Å²) in [6.07, 6.45) is 0. The average molecular weight is 273 g/mol. The molecule has 2 aromatic carbocycles. The van der Waals surface area contributed by atoms with E-state index in [0.29, 0.717) is 25.4 Å². The summed E-state index contributed by atoms with van der Waals surface area (Å²) in [7, 11) is 0. The zero-order valence-corrected chi connectivity index (χ0v) is 11.3. The Kier molecular flexibility index (Phi) is 3.46. The number of nitrogens with one attached hydrogen (secondary N) is 1. The van der Waals surface area contributed by atoms with E-state index in [2.05, 4.69) is 5.32 Å². The van der Waals surface area contributed by atoms with Crippen molar-refractivity contribution in [3.8, 4) is 11.5 Å². The van der Waals surface area contributed by atoms with Gasteiger partial charge in [-0.15, -0.1) is 0 Å². The molecule has 1 aliphatic rings. The molecular weight excluding hydrogens is 257 g/mol. The molecule has 1 N–H and O–H groups in total. The summed E-state index contributed by atoms with van der Waals surface area (Å²) in [6, 6.07) is 10.8. The minimum atomic E-state index is -0.234. The fraction of sp³-hybridized carbons (Fsp3) is 0.250. The summed E-state index contributed by atoms with van der Waals surface area (Å²) in [6.45, 7) is 3.57. The first-order valence-corrected chi connectivity index (χ1v) is 6.61. The third kappa shape index (κ3) is 2.54. The van der Waals surface area contributed by atoms with Crippen molar-refractivity contribution in [3.05, 3.63) is 53.3 Å². The lowest BCUT2D eigenvalue weighted by molar-refractivity contribution is 0.171. The van der Waals surface area contributed by atoms with Gasteiger partial charge >= 0.3 is 0 Å². The van der Waals surface area contributed by atoms with Crippen LogP contribution in [0.4, 0.5) is 10.1 Å². The standard InChI is InChI=1S/C16H16FNO2/c1-11-3-2-4-13(17)16(11)18-10-12-5-6-14-15(9-12)20-8-7-19-14/h2-6,9,18H,7-8,10H2,1H3. The summed E-state index contributed by atoms with van der Waals surface area (Å²) >= 11 is 0. The van der Waals surface area contributed by atoms with Crippen molar-refractivity contribution >= 4 is 5.69 Å². The van der Waals surface area contributed by atoms with E-state index < -0.39 is 0 Å². The fourth-order valence-electron chi connectivity index (χ4n) is 2.24. The van der Waals surface area contributed by atoms with Gasteiger partial charge in [-0.05, 0) is 36.2 Å². The minimum absolute atomic E-state index is 0.234. The van der Waals surface area contributed by atoms with Crippen LogP contribution in [-0.4, -0.2) is 13.2 Å². The number of para-hydroxylation sites is 1. The third-order valence-electron chi connectivity index (χ3n) is 3.30. The van der Waals surface area contributed by atoms with Crippen LogP contribution in [0.5, 0.6) is 11.5 Å². The number of rotatable bonds is 3. The van der Waals surface area contributed by atoms with Gasteiger partial charge in [-0.25, -0.2) is 4.39 Å². The van der Waals surface area contributed by atoms with E-state index in [0.717, 1.165) is 22.6 Å². The predicted octanol–water partition coefficient (Wildman–Crippen LogP) is 3.52. The van der Waals surface area contributed by atoms with Gasteiger partial charge in [-0.3, -0.25) is 0 Å². The minimum Gasteiger partial charge on any atom is -0.486 e. The van der Waals surface area contributed by atoms with Gasteiger partial charge in [0, 0.05) is 6.54 Å². The van der Waals surface area contributed by atoms with Gasteiger partial charge in [0.15, 0.2) is 11.5 Å². The maximum atomic E-state index is 13.7. The Bertz CT molecular complexity index is 608. The quantitative estimate of drug-likeness (QED) is 0.928. The lowest BCUT2D eigenvalue weighted by Gasteiger charge is -2.19. The summed E-state index contributed by atoms with van der Waals surface area (Å²) in [4.78, 5) is 0. The number of ether oxygens (including phenoxy) is 2. The molecule has 0 spiro atoms. The Balaban J connectivity index is 1.75. The maximum Gasteiger partial charge on any atom is 0.161 e. The molecule has 0 unspecified atom stereocenters. The van der Waals surface area contributed by atoms with E-state index in [1.165, 1.54) is 6.07 Å². The summed E-state index contributed by atoms with van der Waals surface area (Å²) in [5.41, 5.74) is 2.46. The molecular formula is C16H16FNO2. The monoisotopic (exact) mass is 273 g/mol. The normalized spacial score (nSPS) is 13.1. The van der Waals surface area contributed by atoms with E-state index in [9.17, 15) is 4.39 Å². The van der Waals surface area contributed by atoms with Crippen LogP contribution in [0.3, 0.4) is 0 Å². The molecule has 3 nitrogen and oxygen atoms in total. The first-order chi connectivity index (χ1) is 9.74. The summed E-state index contributed by atoms with van der Waals surface area (Å²) in [5, 5.41) is 3.13. The third-order valence-corrected chi connectivity index (χ3v) is 3.30. The Morgan fingerprint density at radius 3 is 2.70 bits per heavy atom. The van der Waals surface area contributed by atoms with Gasteiger partial charge in [0.25, 0.3) is 0 Å². The molecule has 1 aliphatic heterocycles. The second kappa shape index (κ2) is 5.41. The Morgan fingerprint density at radius 1 is 1.10 bits per heavy atom. The van der Waals surface area contributed by atoms with Crippen molar-refractivity contribution in [2.75, 3.05) is 18.5 Å². The van der Waals surface area contributed by atoms with Crippen LogP contribution >= 0.6 is 0 Å².